The van der Waals surface area contributed by atoms with Crippen LogP contribution in [-0.2, 0) is 27.3 Å². The highest BCUT2D eigenvalue weighted by Gasteiger charge is 2.28. The molecule has 1 N–H and O–H groups in total. The number of esters is 1. The number of carbonyl (C=O) groups is 2. The first-order valence-electron chi connectivity index (χ1n) is 8.70. The van der Waals surface area contributed by atoms with Gasteiger partial charge in [-0.2, -0.15) is 0 Å². The highest BCUT2D eigenvalue weighted by atomic mass is 16.5. The van der Waals surface area contributed by atoms with Crippen molar-refractivity contribution < 1.29 is 14.3 Å². The molecule has 0 aliphatic carbocycles. The molecule has 1 aromatic carbocycles. The standard InChI is InChI=1S/C19H18N4O4/c24-17(12-14-11-13-5-1-2-6-15(13)20-18(14)25)27-10-9-23-19(26)22-8-4-3-7-16(22)21-23/h1-8,14H,9-12H2,(H,20,25). The molecule has 0 bridgehead atoms. The van der Waals surface area contributed by atoms with Crippen LogP contribution in [0, 0.1) is 5.92 Å². The number of fused-ring (bicyclic) bond motifs is 2. The lowest BCUT2D eigenvalue weighted by atomic mass is 9.91. The van der Waals surface area contributed by atoms with Gasteiger partial charge in [-0.25, -0.2) is 9.48 Å². The summed E-state index contributed by atoms with van der Waals surface area (Å²) in [4.78, 5) is 36.4. The van der Waals surface area contributed by atoms with E-state index in [1.54, 1.807) is 24.4 Å². The number of pyridine rings is 1. The predicted octanol–water partition coefficient (Wildman–Crippen LogP) is 1.24. The maximum atomic E-state index is 12.2. The largest absolute Gasteiger partial charge is 0.464 e. The third-order valence-electron chi connectivity index (χ3n) is 4.58. The first-order chi connectivity index (χ1) is 13.1. The van der Waals surface area contributed by atoms with E-state index >= 15 is 0 Å². The Bertz CT molecular complexity index is 1070. The third kappa shape index (κ3) is 3.46. The maximum Gasteiger partial charge on any atom is 0.350 e. The van der Waals surface area contributed by atoms with Gasteiger partial charge in [0, 0.05) is 11.9 Å². The van der Waals surface area contributed by atoms with Gasteiger partial charge in [0.05, 0.1) is 18.9 Å². The van der Waals surface area contributed by atoms with E-state index in [-0.39, 0.29) is 31.2 Å². The average Bonchev–Trinajstić information content (AvgIpc) is 2.98. The normalized spacial score (nSPS) is 16.0. The fraction of sp³-hybridized carbons (Fsp3) is 0.263. The fourth-order valence-electron chi connectivity index (χ4n) is 3.20. The minimum Gasteiger partial charge on any atom is -0.464 e. The van der Waals surface area contributed by atoms with Crippen LogP contribution in [0.15, 0.2) is 53.5 Å². The van der Waals surface area contributed by atoms with Gasteiger partial charge in [-0.05, 0) is 30.2 Å². The number of hydrogen-bond donors (Lipinski definition) is 1. The summed E-state index contributed by atoms with van der Waals surface area (Å²) in [7, 11) is 0. The van der Waals surface area contributed by atoms with Gasteiger partial charge in [-0.3, -0.25) is 14.0 Å². The van der Waals surface area contributed by atoms with Crippen LogP contribution >= 0.6 is 0 Å². The van der Waals surface area contributed by atoms with Gasteiger partial charge in [0.2, 0.25) is 5.91 Å². The topological polar surface area (TPSA) is 94.7 Å². The minimum absolute atomic E-state index is 0.000231. The SMILES string of the molecule is O=C(CC1Cc2ccccc2NC1=O)OCCn1nc2ccccn2c1=O. The van der Waals surface area contributed by atoms with Gasteiger partial charge in [-0.15, -0.1) is 5.10 Å². The Hall–Kier alpha value is -3.42. The number of hydrogen-bond acceptors (Lipinski definition) is 5. The molecule has 1 aliphatic rings. The highest BCUT2D eigenvalue weighted by molar-refractivity contribution is 5.97. The number of anilines is 1. The number of benzene rings is 1. The van der Waals surface area contributed by atoms with E-state index < -0.39 is 11.9 Å². The molecule has 8 nitrogen and oxygen atoms in total. The molecule has 27 heavy (non-hydrogen) atoms. The van der Waals surface area contributed by atoms with Crippen LogP contribution in [0.5, 0.6) is 0 Å². The second kappa shape index (κ2) is 7.06. The average molecular weight is 366 g/mol. The third-order valence-corrected chi connectivity index (χ3v) is 4.58. The molecule has 2 aromatic heterocycles. The van der Waals surface area contributed by atoms with Crippen LogP contribution in [0.3, 0.4) is 0 Å². The molecule has 1 atom stereocenters. The van der Waals surface area contributed by atoms with Crippen LogP contribution < -0.4 is 11.0 Å². The molecular formula is C19H18N4O4. The Kier molecular flexibility index (Phi) is 4.45. The Morgan fingerprint density at radius 1 is 1.19 bits per heavy atom. The molecule has 1 amide bonds. The maximum absolute atomic E-state index is 12.2. The van der Waals surface area contributed by atoms with Gasteiger partial charge in [0.1, 0.15) is 6.61 Å². The second-order valence-electron chi connectivity index (χ2n) is 6.41. The summed E-state index contributed by atoms with van der Waals surface area (Å²) < 4.78 is 7.89. The molecule has 0 saturated carbocycles. The van der Waals surface area contributed by atoms with E-state index in [1.807, 2.05) is 24.3 Å². The number of nitrogens with one attached hydrogen (secondary N) is 1. The molecule has 3 aromatic rings. The van der Waals surface area contributed by atoms with Crippen LogP contribution in [0.25, 0.3) is 5.65 Å². The lowest BCUT2D eigenvalue weighted by Gasteiger charge is -2.23. The smallest absolute Gasteiger partial charge is 0.350 e. The molecule has 0 spiro atoms. The quantitative estimate of drug-likeness (QED) is 0.686. The monoisotopic (exact) mass is 366 g/mol. The van der Waals surface area contributed by atoms with E-state index in [4.69, 9.17) is 4.74 Å². The number of nitrogens with zero attached hydrogens (tertiary/aromatic N) is 3. The number of para-hydroxylation sites is 1. The molecule has 4 rings (SSSR count). The van der Waals surface area contributed by atoms with E-state index in [0.717, 1.165) is 11.3 Å². The molecule has 1 aliphatic heterocycles. The molecule has 0 radical (unpaired) electrons. The molecular weight excluding hydrogens is 348 g/mol. The zero-order valence-corrected chi connectivity index (χ0v) is 14.5. The Morgan fingerprint density at radius 3 is 2.85 bits per heavy atom. The minimum atomic E-state index is -0.466. The zero-order chi connectivity index (χ0) is 18.8. The predicted molar refractivity (Wildman–Crippen MR) is 97.3 cm³/mol. The molecule has 0 fully saturated rings. The van der Waals surface area contributed by atoms with Gasteiger partial charge in [0.25, 0.3) is 0 Å². The Balaban J connectivity index is 1.33. The van der Waals surface area contributed by atoms with E-state index in [2.05, 4.69) is 10.4 Å². The van der Waals surface area contributed by atoms with Crippen molar-refractivity contribution in [1.82, 2.24) is 14.2 Å². The van der Waals surface area contributed by atoms with Crippen molar-refractivity contribution in [2.75, 3.05) is 11.9 Å². The van der Waals surface area contributed by atoms with Crippen LogP contribution in [0.1, 0.15) is 12.0 Å². The van der Waals surface area contributed by atoms with Crippen molar-refractivity contribution in [2.24, 2.45) is 5.92 Å². The highest BCUT2D eigenvalue weighted by Crippen LogP contribution is 2.26. The first-order valence-corrected chi connectivity index (χ1v) is 8.70. The summed E-state index contributed by atoms with van der Waals surface area (Å²) in [5.74, 6) is -1.10. The second-order valence-corrected chi connectivity index (χ2v) is 6.41. The van der Waals surface area contributed by atoms with Crippen molar-refractivity contribution in [3.05, 3.63) is 64.7 Å². The van der Waals surface area contributed by atoms with Crippen LogP contribution in [0.2, 0.25) is 0 Å². The summed E-state index contributed by atoms with van der Waals surface area (Å²) in [5, 5.41) is 6.99. The lowest BCUT2D eigenvalue weighted by molar-refractivity contribution is -0.146. The molecule has 1 unspecified atom stereocenters. The zero-order valence-electron chi connectivity index (χ0n) is 14.5. The van der Waals surface area contributed by atoms with E-state index in [9.17, 15) is 14.4 Å². The summed E-state index contributed by atoms with van der Waals surface area (Å²) in [6.45, 7) is 0.180. The number of carbonyl (C=O) groups excluding carboxylic acids is 2. The van der Waals surface area contributed by atoms with Gasteiger partial charge in [0.15, 0.2) is 5.65 Å². The van der Waals surface area contributed by atoms with Gasteiger partial charge < -0.3 is 10.1 Å². The molecule has 8 heteroatoms. The number of aromatic nitrogens is 3. The van der Waals surface area contributed by atoms with Crippen molar-refractivity contribution in [3.63, 3.8) is 0 Å². The summed E-state index contributed by atoms with van der Waals surface area (Å²) in [6, 6.07) is 12.8. The van der Waals surface area contributed by atoms with Crippen molar-refractivity contribution in [1.29, 1.82) is 0 Å². The van der Waals surface area contributed by atoms with Crippen molar-refractivity contribution in [3.8, 4) is 0 Å². The number of rotatable bonds is 5. The van der Waals surface area contributed by atoms with Gasteiger partial charge in [-0.1, -0.05) is 24.3 Å². The van der Waals surface area contributed by atoms with Crippen LogP contribution in [-0.4, -0.2) is 32.7 Å². The Labute approximate surface area is 154 Å². The molecule has 138 valence electrons. The molecule has 0 saturated heterocycles. The summed E-state index contributed by atoms with van der Waals surface area (Å²) >= 11 is 0. The van der Waals surface area contributed by atoms with Crippen molar-refractivity contribution >= 4 is 23.2 Å². The lowest BCUT2D eigenvalue weighted by Crippen LogP contribution is -2.32. The first kappa shape index (κ1) is 17.0. The number of ether oxygens (including phenoxy) is 1. The van der Waals surface area contributed by atoms with E-state index in [0.29, 0.717) is 12.1 Å². The summed E-state index contributed by atoms with van der Waals surface area (Å²) in [6.07, 6.45) is 2.13. The van der Waals surface area contributed by atoms with Crippen LogP contribution in [0.4, 0.5) is 5.69 Å². The number of amides is 1. The Morgan fingerprint density at radius 2 is 2.00 bits per heavy atom. The van der Waals surface area contributed by atoms with Gasteiger partial charge >= 0.3 is 11.7 Å². The van der Waals surface area contributed by atoms with Crippen molar-refractivity contribution in [2.45, 2.75) is 19.4 Å². The fourth-order valence-corrected chi connectivity index (χ4v) is 3.20. The molecule has 3 heterocycles. The van der Waals surface area contributed by atoms with E-state index in [1.165, 1.54) is 9.08 Å². The summed E-state index contributed by atoms with van der Waals surface area (Å²) in [5.41, 5.74) is 2.04.